The van der Waals surface area contributed by atoms with Crippen molar-refractivity contribution in [1.29, 1.82) is 0 Å². The van der Waals surface area contributed by atoms with Gasteiger partial charge in [0.2, 0.25) is 0 Å². The molecule has 0 radical (unpaired) electrons. The predicted octanol–water partition coefficient (Wildman–Crippen LogP) is 6.16. The first-order chi connectivity index (χ1) is 11.6. The van der Waals surface area contributed by atoms with Crippen LogP contribution in [0.15, 0.2) is 23.8 Å². The zero-order chi connectivity index (χ0) is 16.8. The standard InChI is InChI=1S/C22H32OS/c1-3-20(23)24-15-22-13-6-8-19(22)17-10-9-16-7-4-5-12-21(16,2)18(17)11-14-22/h6-8,17-19H,3-5,9-15H2,1-2H3/t17-,18+,19+,21+,22+/m1/s1. The second-order valence-electron chi connectivity index (χ2n) is 8.92. The van der Waals surface area contributed by atoms with Crippen LogP contribution in [0.1, 0.15) is 71.6 Å². The van der Waals surface area contributed by atoms with E-state index in [1.807, 2.05) is 6.92 Å². The third kappa shape index (κ3) is 2.55. The number of carbonyl (C=O) groups is 1. The normalized spacial score (nSPS) is 43.6. The van der Waals surface area contributed by atoms with Crippen molar-refractivity contribution in [3.63, 3.8) is 0 Å². The summed E-state index contributed by atoms with van der Waals surface area (Å²) in [6, 6.07) is 0. The van der Waals surface area contributed by atoms with Gasteiger partial charge in [-0.1, -0.05) is 49.4 Å². The number of hydrogen-bond acceptors (Lipinski definition) is 2. The monoisotopic (exact) mass is 344 g/mol. The SMILES string of the molecule is CCC(=O)SC[C@@]12CC=C[C@H]1[C@@H]1CCC3=CCCC[C@]3(C)[C@H]1CC2. The minimum absolute atomic E-state index is 0.380. The Kier molecular flexibility index (Phi) is 4.48. The Morgan fingerprint density at radius 2 is 2.21 bits per heavy atom. The third-order valence-electron chi connectivity index (χ3n) is 7.91. The first-order valence-electron chi connectivity index (χ1n) is 10.1. The van der Waals surface area contributed by atoms with E-state index in [1.54, 1.807) is 17.3 Å². The average molecular weight is 345 g/mol. The molecule has 0 bridgehead atoms. The molecule has 0 N–H and O–H groups in total. The molecule has 0 unspecified atom stereocenters. The van der Waals surface area contributed by atoms with Gasteiger partial charge in [-0.15, -0.1) is 0 Å². The Bertz CT molecular complexity index is 577. The number of allylic oxidation sites excluding steroid dienone is 4. The first kappa shape index (κ1) is 16.9. The maximum atomic E-state index is 11.9. The van der Waals surface area contributed by atoms with Crippen molar-refractivity contribution >= 4 is 16.9 Å². The Hall–Kier alpha value is -0.500. The molecule has 2 fully saturated rings. The molecule has 0 saturated heterocycles. The average Bonchev–Trinajstić information content (AvgIpc) is 3.03. The van der Waals surface area contributed by atoms with Crippen LogP contribution in [-0.2, 0) is 4.79 Å². The number of fused-ring (bicyclic) bond motifs is 5. The van der Waals surface area contributed by atoms with E-state index in [-0.39, 0.29) is 0 Å². The Balaban J connectivity index is 1.57. The highest BCUT2D eigenvalue weighted by atomic mass is 32.2. The molecule has 0 spiro atoms. The molecule has 4 aliphatic carbocycles. The van der Waals surface area contributed by atoms with E-state index in [9.17, 15) is 4.79 Å². The molecule has 0 aromatic carbocycles. The second kappa shape index (κ2) is 6.34. The number of hydrogen-bond donors (Lipinski definition) is 0. The minimum Gasteiger partial charge on any atom is -0.287 e. The van der Waals surface area contributed by atoms with E-state index in [2.05, 4.69) is 25.2 Å². The number of thioether (sulfide) groups is 1. The van der Waals surface area contributed by atoms with Gasteiger partial charge in [-0.2, -0.15) is 0 Å². The van der Waals surface area contributed by atoms with E-state index in [0.717, 1.165) is 23.5 Å². The van der Waals surface area contributed by atoms with Gasteiger partial charge in [-0.25, -0.2) is 0 Å². The molecule has 5 atom stereocenters. The summed E-state index contributed by atoms with van der Waals surface area (Å²) in [4.78, 5) is 11.9. The summed E-state index contributed by atoms with van der Waals surface area (Å²) in [6.07, 6.45) is 19.0. The van der Waals surface area contributed by atoms with E-state index < -0.39 is 0 Å². The maximum absolute atomic E-state index is 11.9. The van der Waals surface area contributed by atoms with Gasteiger partial charge in [0, 0.05) is 12.2 Å². The number of rotatable bonds is 3. The molecule has 1 nitrogen and oxygen atoms in total. The second-order valence-corrected chi connectivity index (χ2v) is 9.95. The summed E-state index contributed by atoms with van der Waals surface area (Å²) in [5, 5.41) is 0.380. The lowest BCUT2D eigenvalue weighted by atomic mass is 9.47. The molecular formula is C22H32OS. The Morgan fingerprint density at radius 3 is 3.04 bits per heavy atom. The van der Waals surface area contributed by atoms with Gasteiger partial charge >= 0.3 is 0 Å². The van der Waals surface area contributed by atoms with Crippen LogP contribution in [0.5, 0.6) is 0 Å². The van der Waals surface area contributed by atoms with Crippen LogP contribution in [0.3, 0.4) is 0 Å². The zero-order valence-electron chi connectivity index (χ0n) is 15.4. The Morgan fingerprint density at radius 1 is 1.33 bits per heavy atom. The van der Waals surface area contributed by atoms with Crippen LogP contribution in [0.4, 0.5) is 0 Å². The van der Waals surface area contributed by atoms with E-state index in [0.29, 0.717) is 22.4 Å². The van der Waals surface area contributed by atoms with Gasteiger partial charge in [-0.05, 0) is 80.0 Å². The van der Waals surface area contributed by atoms with Crippen LogP contribution in [0, 0.1) is 28.6 Å². The first-order valence-corrected chi connectivity index (χ1v) is 11.1. The lowest BCUT2D eigenvalue weighted by molar-refractivity contribution is -0.110. The van der Waals surface area contributed by atoms with Crippen LogP contribution in [0.2, 0.25) is 0 Å². The lowest BCUT2D eigenvalue weighted by Gasteiger charge is -2.58. The molecule has 2 heteroatoms. The van der Waals surface area contributed by atoms with Crippen molar-refractivity contribution in [2.24, 2.45) is 28.6 Å². The summed E-state index contributed by atoms with van der Waals surface area (Å²) in [6.45, 7) is 4.57. The van der Waals surface area contributed by atoms with Gasteiger partial charge in [0.05, 0.1) is 0 Å². The van der Waals surface area contributed by atoms with Crippen LogP contribution in [-0.4, -0.2) is 10.9 Å². The van der Waals surface area contributed by atoms with Crippen LogP contribution < -0.4 is 0 Å². The molecule has 24 heavy (non-hydrogen) atoms. The third-order valence-corrected chi connectivity index (χ3v) is 9.24. The smallest absolute Gasteiger partial charge is 0.188 e. The fourth-order valence-electron chi connectivity index (χ4n) is 6.56. The van der Waals surface area contributed by atoms with Gasteiger partial charge in [0.15, 0.2) is 5.12 Å². The molecule has 0 heterocycles. The summed E-state index contributed by atoms with van der Waals surface area (Å²) in [5.41, 5.74) is 2.67. The molecule has 4 aliphatic rings. The highest BCUT2D eigenvalue weighted by Gasteiger charge is 2.56. The quantitative estimate of drug-likeness (QED) is 0.571. The molecule has 0 aliphatic heterocycles. The van der Waals surface area contributed by atoms with E-state index in [1.165, 1.54) is 51.4 Å². The molecule has 0 aromatic heterocycles. The minimum atomic E-state index is 0.380. The van der Waals surface area contributed by atoms with Gasteiger partial charge < -0.3 is 0 Å². The summed E-state index contributed by atoms with van der Waals surface area (Å²) < 4.78 is 0. The van der Waals surface area contributed by atoms with Gasteiger partial charge in [0.1, 0.15) is 0 Å². The van der Waals surface area contributed by atoms with E-state index >= 15 is 0 Å². The van der Waals surface area contributed by atoms with Crippen molar-refractivity contribution in [3.05, 3.63) is 23.8 Å². The van der Waals surface area contributed by atoms with Crippen molar-refractivity contribution in [2.45, 2.75) is 71.6 Å². The highest BCUT2D eigenvalue weighted by molar-refractivity contribution is 8.13. The summed E-state index contributed by atoms with van der Waals surface area (Å²) in [7, 11) is 0. The van der Waals surface area contributed by atoms with E-state index in [4.69, 9.17) is 0 Å². The molecule has 0 amide bonds. The highest BCUT2D eigenvalue weighted by Crippen LogP contribution is 2.64. The largest absolute Gasteiger partial charge is 0.287 e. The summed E-state index contributed by atoms with van der Waals surface area (Å²) >= 11 is 1.62. The molecule has 2 saturated carbocycles. The van der Waals surface area contributed by atoms with Gasteiger partial charge in [-0.3, -0.25) is 4.79 Å². The van der Waals surface area contributed by atoms with Crippen molar-refractivity contribution in [3.8, 4) is 0 Å². The Labute approximate surface area is 151 Å². The fourth-order valence-corrected chi connectivity index (χ4v) is 7.67. The van der Waals surface area contributed by atoms with Crippen molar-refractivity contribution in [2.75, 3.05) is 5.75 Å². The van der Waals surface area contributed by atoms with Crippen molar-refractivity contribution < 1.29 is 4.79 Å². The van der Waals surface area contributed by atoms with Gasteiger partial charge in [0.25, 0.3) is 0 Å². The van der Waals surface area contributed by atoms with Crippen LogP contribution >= 0.6 is 11.8 Å². The molecule has 132 valence electrons. The van der Waals surface area contributed by atoms with Crippen molar-refractivity contribution in [1.82, 2.24) is 0 Å². The fraction of sp³-hybridized carbons (Fsp3) is 0.773. The molecule has 4 rings (SSSR count). The predicted molar refractivity (Wildman–Crippen MR) is 103 cm³/mol. The van der Waals surface area contributed by atoms with Crippen LogP contribution in [0.25, 0.3) is 0 Å². The molecule has 0 aromatic rings. The lowest BCUT2D eigenvalue weighted by Crippen LogP contribution is -2.50. The zero-order valence-corrected chi connectivity index (χ0v) is 16.2. The molecular weight excluding hydrogens is 312 g/mol. The topological polar surface area (TPSA) is 17.1 Å². The summed E-state index contributed by atoms with van der Waals surface area (Å²) in [5.74, 6) is 3.52. The maximum Gasteiger partial charge on any atom is 0.188 e. The number of carbonyl (C=O) groups excluding carboxylic acids is 1.